The van der Waals surface area contributed by atoms with Gasteiger partial charge in [0.15, 0.2) is 0 Å². The molecule has 0 unspecified atom stereocenters. The zero-order valence-corrected chi connectivity index (χ0v) is 15.2. The first-order valence-electron chi connectivity index (χ1n) is 8.67. The van der Waals surface area contributed by atoms with Gasteiger partial charge in [-0.1, -0.05) is 24.6 Å². The summed E-state index contributed by atoms with van der Waals surface area (Å²) in [6, 6.07) is 11.9. The topological polar surface area (TPSA) is 48.5 Å². The molecule has 0 spiro atoms. The van der Waals surface area contributed by atoms with Crippen LogP contribution in [0.4, 0.5) is 17.2 Å². The van der Waals surface area contributed by atoms with Crippen molar-refractivity contribution >= 4 is 34.7 Å². The summed E-state index contributed by atoms with van der Waals surface area (Å²) in [5.41, 5.74) is 1.91. The van der Waals surface area contributed by atoms with Crippen LogP contribution in [0.15, 0.2) is 42.6 Å². The standard InChI is InChI=1S/C19H23ClN4O/c1-2-4-19(25)22-16-7-8-18(21-14-16)24-11-9-23(10-12-24)17-6-3-5-15(20)13-17/h3,5-8,13-14H,2,4,9-12H2,1H3,(H,22,25). The van der Waals surface area contributed by atoms with Gasteiger partial charge in [0.1, 0.15) is 5.82 Å². The van der Waals surface area contributed by atoms with Crippen molar-refractivity contribution in [2.24, 2.45) is 0 Å². The number of rotatable bonds is 5. The first-order valence-corrected chi connectivity index (χ1v) is 9.05. The fourth-order valence-corrected chi connectivity index (χ4v) is 3.15. The van der Waals surface area contributed by atoms with Crippen molar-refractivity contribution in [1.82, 2.24) is 4.98 Å². The summed E-state index contributed by atoms with van der Waals surface area (Å²) in [4.78, 5) is 20.7. The molecule has 1 aromatic heterocycles. The van der Waals surface area contributed by atoms with Crippen LogP contribution in [-0.2, 0) is 4.79 Å². The Labute approximate surface area is 153 Å². The van der Waals surface area contributed by atoms with Crippen molar-refractivity contribution in [2.75, 3.05) is 41.3 Å². The van der Waals surface area contributed by atoms with Crippen LogP contribution in [0.25, 0.3) is 0 Å². The lowest BCUT2D eigenvalue weighted by atomic mass is 10.2. The molecule has 5 nitrogen and oxygen atoms in total. The quantitative estimate of drug-likeness (QED) is 0.883. The van der Waals surface area contributed by atoms with Crippen LogP contribution in [0.3, 0.4) is 0 Å². The van der Waals surface area contributed by atoms with Gasteiger partial charge in [-0.25, -0.2) is 4.98 Å². The van der Waals surface area contributed by atoms with E-state index < -0.39 is 0 Å². The minimum atomic E-state index is 0.0344. The second kappa shape index (κ2) is 8.21. The normalized spacial score (nSPS) is 14.5. The summed E-state index contributed by atoms with van der Waals surface area (Å²) >= 11 is 6.08. The van der Waals surface area contributed by atoms with Crippen LogP contribution in [0.5, 0.6) is 0 Å². The van der Waals surface area contributed by atoms with Gasteiger partial charge in [-0.15, -0.1) is 0 Å². The average molecular weight is 359 g/mol. The highest BCUT2D eigenvalue weighted by molar-refractivity contribution is 6.30. The van der Waals surface area contributed by atoms with Crippen LogP contribution in [-0.4, -0.2) is 37.1 Å². The van der Waals surface area contributed by atoms with E-state index in [1.165, 1.54) is 0 Å². The highest BCUT2D eigenvalue weighted by Crippen LogP contribution is 2.22. The maximum Gasteiger partial charge on any atom is 0.224 e. The van der Waals surface area contributed by atoms with Gasteiger partial charge in [0, 0.05) is 43.3 Å². The van der Waals surface area contributed by atoms with Gasteiger partial charge in [-0.2, -0.15) is 0 Å². The van der Waals surface area contributed by atoms with E-state index in [0.717, 1.165) is 54.8 Å². The lowest BCUT2D eigenvalue weighted by Crippen LogP contribution is -2.46. The Balaban J connectivity index is 1.56. The van der Waals surface area contributed by atoms with E-state index in [2.05, 4.69) is 26.2 Å². The Morgan fingerprint density at radius 1 is 1.16 bits per heavy atom. The minimum Gasteiger partial charge on any atom is -0.368 e. The van der Waals surface area contributed by atoms with Gasteiger partial charge in [0.2, 0.25) is 5.91 Å². The van der Waals surface area contributed by atoms with E-state index in [1.54, 1.807) is 6.20 Å². The number of pyridine rings is 1. The molecule has 2 aromatic rings. The van der Waals surface area contributed by atoms with Gasteiger partial charge in [0.05, 0.1) is 11.9 Å². The van der Waals surface area contributed by atoms with Crippen molar-refractivity contribution in [3.63, 3.8) is 0 Å². The molecule has 0 saturated carbocycles. The Bertz CT molecular complexity index is 712. The molecule has 1 aliphatic rings. The molecule has 3 rings (SSSR count). The summed E-state index contributed by atoms with van der Waals surface area (Å²) in [7, 11) is 0. The summed E-state index contributed by atoms with van der Waals surface area (Å²) in [5.74, 6) is 0.978. The third-order valence-electron chi connectivity index (χ3n) is 4.29. The molecular weight excluding hydrogens is 336 g/mol. The third kappa shape index (κ3) is 4.63. The number of halogens is 1. The molecular formula is C19H23ClN4O. The summed E-state index contributed by atoms with van der Waals surface area (Å²) in [5, 5.41) is 3.63. The number of anilines is 3. The number of hydrogen-bond donors (Lipinski definition) is 1. The van der Waals surface area contributed by atoms with Gasteiger partial charge in [-0.3, -0.25) is 4.79 Å². The molecule has 25 heavy (non-hydrogen) atoms. The number of carbonyl (C=O) groups excluding carboxylic acids is 1. The average Bonchev–Trinajstić information content (AvgIpc) is 2.63. The van der Waals surface area contributed by atoms with Gasteiger partial charge in [-0.05, 0) is 36.8 Å². The van der Waals surface area contributed by atoms with Crippen LogP contribution in [0.2, 0.25) is 5.02 Å². The lowest BCUT2D eigenvalue weighted by molar-refractivity contribution is -0.116. The van der Waals surface area contributed by atoms with Crippen LogP contribution >= 0.6 is 11.6 Å². The summed E-state index contributed by atoms with van der Waals surface area (Å²) in [6.45, 7) is 5.65. The van der Waals surface area contributed by atoms with Crippen molar-refractivity contribution in [3.05, 3.63) is 47.6 Å². The largest absolute Gasteiger partial charge is 0.368 e. The zero-order valence-electron chi connectivity index (χ0n) is 14.4. The second-order valence-electron chi connectivity index (χ2n) is 6.16. The number of benzene rings is 1. The third-order valence-corrected chi connectivity index (χ3v) is 4.52. The number of nitrogens with one attached hydrogen (secondary N) is 1. The molecule has 132 valence electrons. The lowest BCUT2D eigenvalue weighted by Gasteiger charge is -2.36. The Kier molecular flexibility index (Phi) is 5.76. The van der Waals surface area contributed by atoms with E-state index >= 15 is 0 Å². The van der Waals surface area contributed by atoms with E-state index in [0.29, 0.717) is 6.42 Å². The predicted molar refractivity (Wildman–Crippen MR) is 104 cm³/mol. The molecule has 0 aliphatic carbocycles. The number of amides is 1. The van der Waals surface area contributed by atoms with Gasteiger partial charge >= 0.3 is 0 Å². The maximum atomic E-state index is 11.6. The Hall–Kier alpha value is -2.27. The van der Waals surface area contributed by atoms with Crippen molar-refractivity contribution in [2.45, 2.75) is 19.8 Å². The molecule has 1 amide bonds. The first kappa shape index (κ1) is 17.5. The smallest absolute Gasteiger partial charge is 0.224 e. The fourth-order valence-electron chi connectivity index (χ4n) is 2.96. The molecule has 0 bridgehead atoms. The van der Waals surface area contributed by atoms with E-state index in [1.807, 2.05) is 37.3 Å². The first-order chi connectivity index (χ1) is 12.2. The molecule has 0 radical (unpaired) electrons. The zero-order chi connectivity index (χ0) is 17.6. The molecule has 2 heterocycles. The van der Waals surface area contributed by atoms with E-state index in [4.69, 9.17) is 11.6 Å². The van der Waals surface area contributed by atoms with Crippen molar-refractivity contribution in [1.29, 1.82) is 0 Å². The number of hydrogen-bond acceptors (Lipinski definition) is 4. The van der Waals surface area contributed by atoms with Crippen LogP contribution < -0.4 is 15.1 Å². The molecule has 1 saturated heterocycles. The molecule has 1 aliphatic heterocycles. The number of nitrogens with zero attached hydrogens (tertiary/aromatic N) is 3. The monoisotopic (exact) mass is 358 g/mol. The molecule has 1 N–H and O–H groups in total. The summed E-state index contributed by atoms with van der Waals surface area (Å²) in [6.07, 6.45) is 3.10. The molecule has 0 atom stereocenters. The minimum absolute atomic E-state index is 0.0344. The predicted octanol–water partition coefficient (Wildman–Crippen LogP) is 3.80. The highest BCUT2D eigenvalue weighted by atomic mass is 35.5. The van der Waals surface area contributed by atoms with E-state index in [-0.39, 0.29) is 5.91 Å². The number of piperazine rings is 1. The van der Waals surface area contributed by atoms with Gasteiger partial charge in [0.25, 0.3) is 0 Å². The van der Waals surface area contributed by atoms with Crippen molar-refractivity contribution in [3.8, 4) is 0 Å². The fraction of sp³-hybridized carbons (Fsp3) is 0.368. The molecule has 6 heteroatoms. The SMILES string of the molecule is CCCC(=O)Nc1ccc(N2CCN(c3cccc(Cl)c3)CC2)nc1. The maximum absolute atomic E-state index is 11.6. The van der Waals surface area contributed by atoms with E-state index in [9.17, 15) is 4.79 Å². The van der Waals surface area contributed by atoms with Crippen molar-refractivity contribution < 1.29 is 4.79 Å². The Morgan fingerprint density at radius 3 is 2.56 bits per heavy atom. The highest BCUT2D eigenvalue weighted by Gasteiger charge is 2.18. The van der Waals surface area contributed by atoms with Crippen LogP contribution in [0.1, 0.15) is 19.8 Å². The number of carbonyl (C=O) groups is 1. The summed E-state index contributed by atoms with van der Waals surface area (Å²) < 4.78 is 0. The molecule has 1 aromatic carbocycles. The van der Waals surface area contributed by atoms with Gasteiger partial charge < -0.3 is 15.1 Å². The molecule has 1 fully saturated rings. The number of aromatic nitrogens is 1. The second-order valence-corrected chi connectivity index (χ2v) is 6.59. The van der Waals surface area contributed by atoms with Crippen LogP contribution in [0, 0.1) is 0 Å². The Morgan fingerprint density at radius 2 is 1.92 bits per heavy atom.